The summed E-state index contributed by atoms with van der Waals surface area (Å²) in [6.07, 6.45) is -3.61. The molecule has 4 amide bonds. The van der Waals surface area contributed by atoms with Crippen LogP contribution in [0.15, 0.2) is 70.7 Å². The highest BCUT2D eigenvalue weighted by molar-refractivity contribution is 6.39. The van der Waals surface area contributed by atoms with Crippen molar-refractivity contribution in [2.24, 2.45) is 0 Å². The standard InChI is InChI=1S/C23H15F3N2O5/c1-13-3-2-4-15(11-13)28-21(30)18(20(29)27-22(28)31)12-17-9-10-19(32-17)14-5-7-16(8-6-14)33-23(24,25)26/h2-12H,1H3,(H,27,29,31). The number of imide groups is 2. The van der Waals surface area contributed by atoms with E-state index < -0.39 is 24.2 Å². The summed E-state index contributed by atoms with van der Waals surface area (Å²) < 4.78 is 46.4. The first kappa shape index (κ1) is 21.9. The predicted molar refractivity (Wildman–Crippen MR) is 111 cm³/mol. The Morgan fingerprint density at radius 1 is 1.00 bits per heavy atom. The maximum atomic E-state index is 12.9. The number of carbonyl (C=O) groups is 3. The van der Waals surface area contributed by atoms with Crippen LogP contribution in [0.1, 0.15) is 11.3 Å². The Morgan fingerprint density at radius 2 is 1.73 bits per heavy atom. The number of furan rings is 1. The fourth-order valence-corrected chi connectivity index (χ4v) is 3.21. The largest absolute Gasteiger partial charge is 0.573 e. The third kappa shape index (κ3) is 4.79. The Bertz CT molecular complexity index is 1280. The van der Waals surface area contributed by atoms with Gasteiger partial charge in [0, 0.05) is 5.56 Å². The SMILES string of the molecule is Cc1cccc(N2C(=O)NC(=O)C(=Cc3ccc(-c4ccc(OC(F)(F)F)cc4)o3)C2=O)c1. The number of carbonyl (C=O) groups excluding carboxylic acids is 3. The van der Waals surface area contributed by atoms with Gasteiger partial charge >= 0.3 is 12.4 Å². The third-order valence-electron chi connectivity index (χ3n) is 4.65. The summed E-state index contributed by atoms with van der Waals surface area (Å²) in [5.74, 6) is -1.65. The monoisotopic (exact) mass is 456 g/mol. The van der Waals surface area contributed by atoms with E-state index >= 15 is 0 Å². The van der Waals surface area contributed by atoms with Crippen molar-refractivity contribution in [3.8, 4) is 17.1 Å². The number of barbiturate groups is 1. The molecule has 2 heterocycles. The molecule has 7 nitrogen and oxygen atoms in total. The first-order valence-electron chi connectivity index (χ1n) is 9.55. The number of urea groups is 1. The summed E-state index contributed by atoms with van der Waals surface area (Å²) in [6, 6.07) is 13.8. The van der Waals surface area contributed by atoms with Crippen molar-refractivity contribution < 1.29 is 36.7 Å². The molecule has 1 aromatic heterocycles. The normalized spacial score (nSPS) is 15.7. The van der Waals surface area contributed by atoms with Crippen LogP contribution in [0.5, 0.6) is 5.75 Å². The van der Waals surface area contributed by atoms with Gasteiger partial charge in [-0.15, -0.1) is 13.2 Å². The maximum Gasteiger partial charge on any atom is 0.573 e. The van der Waals surface area contributed by atoms with Gasteiger partial charge < -0.3 is 9.15 Å². The van der Waals surface area contributed by atoms with Crippen LogP contribution in [0.25, 0.3) is 17.4 Å². The number of halogens is 3. The second kappa shape index (κ2) is 8.30. The molecule has 1 saturated heterocycles. The minimum atomic E-state index is -4.80. The third-order valence-corrected chi connectivity index (χ3v) is 4.65. The van der Waals surface area contributed by atoms with Crippen molar-refractivity contribution in [1.82, 2.24) is 5.32 Å². The molecule has 1 N–H and O–H groups in total. The second-order valence-electron chi connectivity index (χ2n) is 7.07. The van der Waals surface area contributed by atoms with Gasteiger partial charge in [0.1, 0.15) is 22.8 Å². The maximum absolute atomic E-state index is 12.9. The van der Waals surface area contributed by atoms with Gasteiger partial charge in [-0.25, -0.2) is 9.69 Å². The molecule has 3 aromatic rings. The van der Waals surface area contributed by atoms with Crippen molar-refractivity contribution in [3.63, 3.8) is 0 Å². The van der Waals surface area contributed by atoms with Crippen molar-refractivity contribution in [3.05, 3.63) is 77.6 Å². The molecular weight excluding hydrogens is 441 g/mol. The first-order chi connectivity index (χ1) is 15.6. The zero-order valence-electron chi connectivity index (χ0n) is 17.0. The zero-order valence-corrected chi connectivity index (χ0v) is 17.0. The van der Waals surface area contributed by atoms with Crippen LogP contribution in [0, 0.1) is 6.92 Å². The molecule has 0 saturated carbocycles. The summed E-state index contributed by atoms with van der Waals surface area (Å²) >= 11 is 0. The minimum Gasteiger partial charge on any atom is -0.457 e. The lowest BCUT2D eigenvalue weighted by molar-refractivity contribution is -0.274. The molecule has 1 aliphatic heterocycles. The highest BCUT2D eigenvalue weighted by Crippen LogP contribution is 2.29. The highest BCUT2D eigenvalue weighted by Gasteiger charge is 2.37. The summed E-state index contributed by atoms with van der Waals surface area (Å²) in [6.45, 7) is 1.80. The molecule has 33 heavy (non-hydrogen) atoms. The number of aryl methyl sites for hydroxylation is 1. The van der Waals surface area contributed by atoms with Crippen molar-refractivity contribution in [1.29, 1.82) is 0 Å². The molecule has 0 unspecified atom stereocenters. The lowest BCUT2D eigenvalue weighted by Gasteiger charge is -2.26. The number of anilines is 1. The Kier molecular flexibility index (Phi) is 5.50. The molecule has 0 atom stereocenters. The second-order valence-corrected chi connectivity index (χ2v) is 7.07. The highest BCUT2D eigenvalue weighted by atomic mass is 19.4. The number of nitrogens with one attached hydrogen (secondary N) is 1. The molecular formula is C23H15F3N2O5. The van der Waals surface area contributed by atoms with Gasteiger partial charge in [-0.05, 0) is 67.1 Å². The summed E-state index contributed by atoms with van der Waals surface area (Å²) in [5.41, 5.74) is 1.26. The molecule has 0 bridgehead atoms. The van der Waals surface area contributed by atoms with Crippen LogP contribution in [0.2, 0.25) is 0 Å². The van der Waals surface area contributed by atoms with Gasteiger partial charge in [0.2, 0.25) is 0 Å². The fraction of sp³-hybridized carbons (Fsp3) is 0.0870. The van der Waals surface area contributed by atoms with E-state index in [-0.39, 0.29) is 22.8 Å². The average Bonchev–Trinajstić information content (AvgIpc) is 3.19. The van der Waals surface area contributed by atoms with Gasteiger partial charge in [-0.2, -0.15) is 0 Å². The summed E-state index contributed by atoms with van der Waals surface area (Å²) in [4.78, 5) is 38.3. The van der Waals surface area contributed by atoms with Gasteiger partial charge in [0.05, 0.1) is 5.69 Å². The molecule has 0 aliphatic carbocycles. The first-order valence-corrected chi connectivity index (χ1v) is 9.55. The van der Waals surface area contributed by atoms with Crippen LogP contribution in [0.4, 0.5) is 23.7 Å². The van der Waals surface area contributed by atoms with Crippen molar-refractivity contribution in [2.75, 3.05) is 4.90 Å². The van der Waals surface area contributed by atoms with Gasteiger partial charge in [0.25, 0.3) is 11.8 Å². The number of nitrogens with zero attached hydrogens (tertiary/aromatic N) is 1. The molecule has 0 spiro atoms. The van der Waals surface area contributed by atoms with Crippen LogP contribution in [-0.4, -0.2) is 24.2 Å². The van der Waals surface area contributed by atoms with Crippen molar-refractivity contribution in [2.45, 2.75) is 13.3 Å². The molecule has 10 heteroatoms. The lowest BCUT2D eigenvalue weighted by atomic mass is 10.1. The molecule has 4 rings (SSSR count). The van der Waals surface area contributed by atoms with Crippen LogP contribution in [0.3, 0.4) is 0 Å². The average molecular weight is 456 g/mol. The topological polar surface area (TPSA) is 88.8 Å². The molecule has 1 aliphatic rings. The van der Waals surface area contributed by atoms with Crippen LogP contribution in [-0.2, 0) is 9.59 Å². The number of amides is 4. The van der Waals surface area contributed by atoms with Crippen LogP contribution < -0.4 is 15.0 Å². The smallest absolute Gasteiger partial charge is 0.457 e. The van der Waals surface area contributed by atoms with E-state index in [4.69, 9.17) is 4.42 Å². The molecule has 1 fully saturated rings. The Morgan fingerprint density at radius 3 is 2.39 bits per heavy atom. The number of hydrogen-bond donors (Lipinski definition) is 1. The summed E-state index contributed by atoms with van der Waals surface area (Å²) in [7, 11) is 0. The molecule has 2 aromatic carbocycles. The number of benzene rings is 2. The Labute approximate surface area is 185 Å². The molecule has 168 valence electrons. The van der Waals surface area contributed by atoms with Crippen LogP contribution >= 0.6 is 0 Å². The predicted octanol–water partition coefficient (Wildman–Crippen LogP) is 4.82. The number of ether oxygens (including phenoxy) is 1. The van der Waals surface area contributed by atoms with E-state index in [2.05, 4.69) is 10.1 Å². The van der Waals surface area contributed by atoms with E-state index in [1.54, 1.807) is 31.2 Å². The lowest BCUT2D eigenvalue weighted by Crippen LogP contribution is -2.54. The van der Waals surface area contributed by atoms with Gasteiger partial charge in [0.15, 0.2) is 0 Å². The van der Waals surface area contributed by atoms with E-state index in [0.717, 1.165) is 22.6 Å². The van der Waals surface area contributed by atoms with E-state index in [1.807, 2.05) is 0 Å². The number of rotatable bonds is 4. The molecule has 0 radical (unpaired) electrons. The van der Waals surface area contributed by atoms with E-state index in [0.29, 0.717) is 11.3 Å². The van der Waals surface area contributed by atoms with Crippen molar-refractivity contribution >= 4 is 29.6 Å². The zero-order chi connectivity index (χ0) is 23.8. The van der Waals surface area contributed by atoms with E-state index in [1.165, 1.54) is 30.3 Å². The Balaban J connectivity index is 1.59. The fourth-order valence-electron chi connectivity index (χ4n) is 3.21. The Hall–Kier alpha value is -4.34. The number of hydrogen-bond acceptors (Lipinski definition) is 5. The van der Waals surface area contributed by atoms with Gasteiger partial charge in [-0.3, -0.25) is 14.9 Å². The minimum absolute atomic E-state index is 0.137. The quantitative estimate of drug-likeness (QED) is 0.449. The number of alkyl halides is 3. The summed E-state index contributed by atoms with van der Waals surface area (Å²) in [5, 5.41) is 2.12. The van der Waals surface area contributed by atoms with Gasteiger partial charge in [-0.1, -0.05) is 12.1 Å². The van der Waals surface area contributed by atoms with E-state index in [9.17, 15) is 27.6 Å².